The van der Waals surface area contributed by atoms with E-state index in [-0.39, 0.29) is 11.1 Å². The summed E-state index contributed by atoms with van der Waals surface area (Å²) in [5.74, 6) is -1.58. The van der Waals surface area contributed by atoms with Gasteiger partial charge in [-0.05, 0) is 36.4 Å². The molecule has 5 nitrogen and oxygen atoms in total. The normalized spacial score (nSPS) is 10.3. The second-order valence-electron chi connectivity index (χ2n) is 4.72. The van der Waals surface area contributed by atoms with Gasteiger partial charge in [0.25, 0.3) is 5.91 Å². The molecule has 0 spiro atoms. The average molecular weight is 324 g/mol. The number of amides is 1. The molecule has 0 saturated heterocycles. The van der Waals surface area contributed by atoms with Gasteiger partial charge in [0.1, 0.15) is 5.01 Å². The molecule has 0 aliphatic rings. The molecular weight excluding hydrogens is 312 g/mol. The minimum Gasteiger partial charge on any atom is -0.478 e. The van der Waals surface area contributed by atoms with Crippen molar-refractivity contribution in [2.24, 2.45) is 0 Å². The quantitative estimate of drug-likeness (QED) is 0.766. The summed E-state index contributed by atoms with van der Waals surface area (Å²) in [6.45, 7) is 0. The predicted molar refractivity (Wildman–Crippen MR) is 88.9 cm³/mol. The van der Waals surface area contributed by atoms with Crippen molar-refractivity contribution in [3.8, 4) is 10.6 Å². The summed E-state index contributed by atoms with van der Waals surface area (Å²) in [6, 6.07) is 13.4. The Morgan fingerprint density at radius 1 is 1.00 bits per heavy atom. The molecular formula is C17H12N2O3S. The van der Waals surface area contributed by atoms with Crippen LogP contribution < -0.4 is 5.32 Å². The van der Waals surface area contributed by atoms with Gasteiger partial charge in [0, 0.05) is 22.8 Å². The van der Waals surface area contributed by atoms with Crippen LogP contribution in [-0.2, 0) is 0 Å². The minimum absolute atomic E-state index is 0.0237. The summed E-state index contributed by atoms with van der Waals surface area (Å²) in [6.07, 6.45) is 1.73. The van der Waals surface area contributed by atoms with Crippen molar-refractivity contribution < 1.29 is 14.7 Å². The number of nitrogens with zero attached hydrogens (tertiary/aromatic N) is 1. The number of anilines is 1. The van der Waals surface area contributed by atoms with Gasteiger partial charge in [-0.15, -0.1) is 11.3 Å². The third kappa shape index (κ3) is 3.27. The molecule has 1 aromatic heterocycles. The molecule has 3 rings (SSSR count). The standard InChI is InChI=1S/C17H12N2O3S/c20-15(13-3-1-2-4-14(13)17(21)22)19-12-7-5-11(6-8-12)16-18-9-10-23-16/h1-10H,(H,19,20)(H,21,22). The first-order valence-corrected chi connectivity index (χ1v) is 7.67. The third-order valence-corrected chi connectivity index (χ3v) is 4.05. The van der Waals surface area contributed by atoms with Gasteiger partial charge in [-0.25, -0.2) is 9.78 Å². The SMILES string of the molecule is O=C(O)c1ccccc1C(=O)Nc1ccc(-c2nccs2)cc1. The lowest BCUT2D eigenvalue weighted by Crippen LogP contribution is -2.16. The zero-order valence-corrected chi connectivity index (χ0v) is 12.7. The Morgan fingerprint density at radius 3 is 2.30 bits per heavy atom. The van der Waals surface area contributed by atoms with Crippen LogP contribution in [-0.4, -0.2) is 22.0 Å². The highest BCUT2D eigenvalue weighted by Crippen LogP contribution is 2.23. The molecule has 1 amide bonds. The summed E-state index contributed by atoms with van der Waals surface area (Å²) >= 11 is 1.53. The summed E-state index contributed by atoms with van der Waals surface area (Å²) < 4.78 is 0. The molecule has 0 fully saturated rings. The van der Waals surface area contributed by atoms with Gasteiger partial charge in [-0.3, -0.25) is 4.79 Å². The van der Waals surface area contributed by atoms with Gasteiger partial charge < -0.3 is 10.4 Å². The highest BCUT2D eigenvalue weighted by Gasteiger charge is 2.15. The lowest BCUT2D eigenvalue weighted by molar-refractivity contribution is 0.0692. The monoisotopic (exact) mass is 324 g/mol. The van der Waals surface area contributed by atoms with Gasteiger partial charge in [-0.1, -0.05) is 12.1 Å². The van der Waals surface area contributed by atoms with Crippen molar-refractivity contribution >= 4 is 28.9 Å². The van der Waals surface area contributed by atoms with Crippen LogP contribution in [0.25, 0.3) is 10.6 Å². The molecule has 1 heterocycles. The zero-order chi connectivity index (χ0) is 16.2. The van der Waals surface area contributed by atoms with E-state index >= 15 is 0 Å². The molecule has 0 unspecified atom stereocenters. The Labute approximate surface area is 136 Å². The number of benzene rings is 2. The molecule has 23 heavy (non-hydrogen) atoms. The zero-order valence-electron chi connectivity index (χ0n) is 11.9. The molecule has 3 aromatic rings. The van der Waals surface area contributed by atoms with Crippen molar-refractivity contribution in [2.45, 2.75) is 0 Å². The molecule has 0 atom stereocenters. The number of hydrogen-bond donors (Lipinski definition) is 2. The van der Waals surface area contributed by atoms with Gasteiger partial charge in [-0.2, -0.15) is 0 Å². The highest BCUT2D eigenvalue weighted by atomic mass is 32.1. The van der Waals surface area contributed by atoms with E-state index in [9.17, 15) is 9.59 Å². The van der Waals surface area contributed by atoms with Crippen molar-refractivity contribution in [3.05, 3.63) is 71.2 Å². The molecule has 114 valence electrons. The Morgan fingerprint density at radius 2 is 1.70 bits per heavy atom. The Hall–Kier alpha value is -2.99. The number of rotatable bonds is 4. The first-order valence-electron chi connectivity index (χ1n) is 6.79. The van der Waals surface area contributed by atoms with Crippen LogP contribution in [0.2, 0.25) is 0 Å². The topological polar surface area (TPSA) is 79.3 Å². The number of hydrogen-bond acceptors (Lipinski definition) is 4. The van der Waals surface area contributed by atoms with Crippen LogP contribution in [0.5, 0.6) is 0 Å². The number of carboxylic acids is 1. The molecule has 0 saturated carbocycles. The fourth-order valence-electron chi connectivity index (χ4n) is 2.13. The summed E-state index contributed by atoms with van der Waals surface area (Å²) in [5, 5.41) is 14.6. The lowest BCUT2D eigenvalue weighted by Gasteiger charge is -2.08. The summed E-state index contributed by atoms with van der Waals surface area (Å²) in [7, 11) is 0. The van der Waals surface area contributed by atoms with Crippen LogP contribution in [0, 0.1) is 0 Å². The molecule has 2 aromatic carbocycles. The van der Waals surface area contributed by atoms with Crippen LogP contribution in [0.15, 0.2) is 60.1 Å². The second kappa shape index (κ2) is 6.41. The Balaban J connectivity index is 1.80. The maximum Gasteiger partial charge on any atom is 0.336 e. The van der Waals surface area contributed by atoms with Gasteiger partial charge >= 0.3 is 5.97 Å². The number of carbonyl (C=O) groups is 2. The van der Waals surface area contributed by atoms with E-state index in [2.05, 4.69) is 10.3 Å². The maximum absolute atomic E-state index is 12.3. The first-order chi connectivity index (χ1) is 11.1. The largest absolute Gasteiger partial charge is 0.478 e. The molecule has 0 radical (unpaired) electrons. The fraction of sp³-hybridized carbons (Fsp3) is 0. The van der Waals surface area contributed by atoms with E-state index in [1.54, 1.807) is 30.5 Å². The van der Waals surface area contributed by atoms with Crippen molar-refractivity contribution in [1.29, 1.82) is 0 Å². The number of aromatic carboxylic acids is 1. The highest BCUT2D eigenvalue weighted by molar-refractivity contribution is 7.13. The van der Waals surface area contributed by atoms with Crippen molar-refractivity contribution in [1.82, 2.24) is 4.98 Å². The lowest BCUT2D eigenvalue weighted by atomic mass is 10.1. The van der Waals surface area contributed by atoms with Gasteiger partial charge in [0.2, 0.25) is 0 Å². The molecule has 6 heteroatoms. The van der Waals surface area contributed by atoms with Gasteiger partial charge in [0.05, 0.1) is 11.1 Å². The van der Waals surface area contributed by atoms with Crippen LogP contribution in [0.1, 0.15) is 20.7 Å². The fourth-order valence-corrected chi connectivity index (χ4v) is 2.77. The van der Waals surface area contributed by atoms with Crippen molar-refractivity contribution in [2.75, 3.05) is 5.32 Å². The van der Waals surface area contributed by atoms with Crippen molar-refractivity contribution in [3.63, 3.8) is 0 Å². The Kier molecular flexibility index (Phi) is 4.16. The number of aromatic nitrogens is 1. The first kappa shape index (κ1) is 14.9. The summed E-state index contributed by atoms with van der Waals surface area (Å²) in [5.41, 5.74) is 1.66. The molecule has 2 N–H and O–H groups in total. The summed E-state index contributed by atoms with van der Waals surface area (Å²) in [4.78, 5) is 27.7. The number of carboxylic acid groups (broad SMARTS) is 1. The van der Waals surface area contributed by atoms with E-state index in [4.69, 9.17) is 5.11 Å². The smallest absolute Gasteiger partial charge is 0.336 e. The van der Waals surface area contributed by atoms with E-state index < -0.39 is 11.9 Å². The average Bonchev–Trinajstić information content (AvgIpc) is 3.10. The number of nitrogens with one attached hydrogen (secondary N) is 1. The number of carbonyl (C=O) groups excluding carboxylic acids is 1. The molecule has 0 aliphatic carbocycles. The van der Waals surface area contributed by atoms with E-state index in [0.29, 0.717) is 5.69 Å². The Bertz CT molecular complexity index is 843. The second-order valence-corrected chi connectivity index (χ2v) is 5.61. The van der Waals surface area contributed by atoms with E-state index in [0.717, 1.165) is 10.6 Å². The minimum atomic E-state index is -1.13. The number of thiazole rings is 1. The maximum atomic E-state index is 12.3. The van der Waals surface area contributed by atoms with Crippen LogP contribution >= 0.6 is 11.3 Å². The van der Waals surface area contributed by atoms with Gasteiger partial charge in [0.15, 0.2) is 0 Å². The molecule has 0 aliphatic heterocycles. The molecule has 0 bridgehead atoms. The van der Waals surface area contributed by atoms with E-state index in [1.807, 2.05) is 17.5 Å². The van der Waals surface area contributed by atoms with Crippen LogP contribution in [0.3, 0.4) is 0 Å². The van der Waals surface area contributed by atoms with Crippen LogP contribution in [0.4, 0.5) is 5.69 Å². The van der Waals surface area contributed by atoms with E-state index in [1.165, 1.54) is 23.5 Å². The predicted octanol–water partition coefficient (Wildman–Crippen LogP) is 3.76. The third-order valence-electron chi connectivity index (χ3n) is 3.22.